The molecule has 0 radical (unpaired) electrons. The molecule has 0 bridgehead atoms. The molecule has 1 aliphatic rings. The molecule has 9 heteroatoms. The maximum atomic E-state index is 13.6. The number of hydrogen-bond acceptors (Lipinski definition) is 3. The lowest BCUT2D eigenvalue weighted by atomic mass is 10.2. The smallest absolute Gasteiger partial charge is 0.382 e. The second-order valence-electron chi connectivity index (χ2n) is 7.97. The van der Waals surface area contributed by atoms with Gasteiger partial charge in [-0.1, -0.05) is 31.2 Å². The van der Waals surface area contributed by atoms with Gasteiger partial charge in [-0.15, -0.1) is 0 Å². The second kappa shape index (κ2) is 7.05. The van der Waals surface area contributed by atoms with Crippen molar-refractivity contribution in [2.45, 2.75) is 57.5 Å². The van der Waals surface area contributed by atoms with Crippen LogP contribution in [-0.2, 0) is 17.6 Å². The summed E-state index contributed by atoms with van der Waals surface area (Å²) < 4.78 is 47.7. The highest BCUT2D eigenvalue weighted by Crippen LogP contribution is 2.41. The Bertz CT molecular complexity index is 797. The largest absolute Gasteiger partial charge is 0.418 e. The van der Waals surface area contributed by atoms with Crippen LogP contribution in [-0.4, -0.2) is 30.3 Å². The van der Waals surface area contributed by atoms with Gasteiger partial charge >= 0.3 is 6.18 Å². The summed E-state index contributed by atoms with van der Waals surface area (Å²) in [6.07, 6.45) is -1.51. The van der Waals surface area contributed by atoms with E-state index in [1.165, 1.54) is 10.6 Å². The Hall–Kier alpha value is -1.25. The Balaban J connectivity index is 1.94. The van der Waals surface area contributed by atoms with Crippen LogP contribution < -0.4 is 5.32 Å². The first-order valence-corrected chi connectivity index (χ1v) is 12.7. The predicted octanol–water partition coefficient (Wildman–Crippen LogP) is 5.60. The molecular weight excluding hydrogens is 383 g/mol. The van der Waals surface area contributed by atoms with Crippen LogP contribution in [0.5, 0.6) is 0 Å². The molecule has 2 aromatic heterocycles. The summed E-state index contributed by atoms with van der Waals surface area (Å²) in [6, 6.07) is 2.61. The molecule has 2 heterocycles. The standard InChI is InChI=1S/C17H23ClF3N3OSi/c1-26(2,3)7-6-25-10-24-9-12(17(19,20)21)15-13(22-11-4-5-11)8-14(18)23-16(15)24/h8-9,11H,4-7,10H2,1-3H3,(H,22,23). The maximum Gasteiger partial charge on any atom is 0.418 e. The first kappa shape index (κ1) is 19.5. The number of nitrogens with one attached hydrogen (secondary N) is 1. The van der Waals surface area contributed by atoms with Crippen LogP contribution in [0.2, 0.25) is 30.8 Å². The zero-order valence-corrected chi connectivity index (χ0v) is 16.8. The van der Waals surface area contributed by atoms with E-state index in [1.54, 1.807) is 0 Å². The first-order chi connectivity index (χ1) is 12.0. The zero-order valence-electron chi connectivity index (χ0n) is 15.1. The van der Waals surface area contributed by atoms with E-state index in [9.17, 15) is 13.2 Å². The molecule has 1 aliphatic carbocycles. The number of aromatic nitrogens is 2. The van der Waals surface area contributed by atoms with Gasteiger partial charge < -0.3 is 14.6 Å². The molecule has 0 saturated heterocycles. The topological polar surface area (TPSA) is 39.1 Å². The first-order valence-electron chi connectivity index (χ1n) is 8.65. The number of nitrogens with zero attached hydrogens (tertiary/aromatic N) is 2. The van der Waals surface area contributed by atoms with Gasteiger partial charge in [0.25, 0.3) is 0 Å². The predicted molar refractivity (Wildman–Crippen MR) is 100 cm³/mol. The van der Waals surface area contributed by atoms with E-state index in [4.69, 9.17) is 16.3 Å². The lowest BCUT2D eigenvalue weighted by molar-refractivity contribution is -0.136. The fraction of sp³-hybridized carbons (Fsp3) is 0.588. The van der Waals surface area contributed by atoms with E-state index in [2.05, 4.69) is 29.9 Å². The van der Waals surface area contributed by atoms with Crippen molar-refractivity contribution in [3.8, 4) is 0 Å². The summed E-state index contributed by atoms with van der Waals surface area (Å²) in [5, 5.41) is 3.36. The molecule has 0 aliphatic heterocycles. The van der Waals surface area contributed by atoms with Crippen molar-refractivity contribution >= 4 is 36.4 Å². The molecule has 3 rings (SSSR count). The summed E-state index contributed by atoms with van der Waals surface area (Å²) in [5.41, 5.74) is -0.134. The number of halogens is 4. The Morgan fingerprint density at radius 1 is 1.35 bits per heavy atom. The molecule has 144 valence electrons. The van der Waals surface area contributed by atoms with Crippen molar-refractivity contribution in [2.75, 3.05) is 11.9 Å². The normalized spacial score (nSPS) is 15.7. The van der Waals surface area contributed by atoms with Crippen molar-refractivity contribution in [3.05, 3.63) is 23.0 Å². The minimum Gasteiger partial charge on any atom is -0.382 e. The Morgan fingerprint density at radius 2 is 2.04 bits per heavy atom. The number of ether oxygens (including phenoxy) is 1. The molecule has 0 atom stereocenters. The molecule has 0 spiro atoms. The average molecular weight is 406 g/mol. The molecule has 1 fully saturated rings. The zero-order chi connectivity index (χ0) is 19.1. The van der Waals surface area contributed by atoms with Crippen molar-refractivity contribution < 1.29 is 17.9 Å². The van der Waals surface area contributed by atoms with Crippen LogP contribution in [0.25, 0.3) is 11.0 Å². The van der Waals surface area contributed by atoms with E-state index in [0.717, 1.165) is 25.1 Å². The third-order valence-electron chi connectivity index (χ3n) is 4.26. The molecule has 0 unspecified atom stereocenters. The van der Waals surface area contributed by atoms with Crippen LogP contribution >= 0.6 is 11.6 Å². The third kappa shape index (κ3) is 4.72. The molecule has 0 aromatic carbocycles. The van der Waals surface area contributed by atoms with Crippen molar-refractivity contribution in [3.63, 3.8) is 0 Å². The van der Waals surface area contributed by atoms with E-state index in [-0.39, 0.29) is 29.0 Å². The number of alkyl halides is 3. The maximum absolute atomic E-state index is 13.6. The number of pyridine rings is 1. The number of hydrogen-bond donors (Lipinski definition) is 1. The van der Waals surface area contributed by atoms with E-state index in [0.29, 0.717) is 12.3 Å². The fourth-order valence-corrected chi connectivity index (χ4v) is 3.62. The second-order valence-corrected chi connectivity index (χ2v) is 14.0. The van der Waals surface area contributed by atoms with E-state index < -0.39 is 19.8 Å². The van der Waals surface area contributed by atoms with Gasteiger partial charge in [-0.25, -0.2) is 4.98 Å². The highest BCUT2D eigenvalue weighted by atomic mass is 35.5. The molecular formula is C17H23ClF3N3OSi. The number of anilines is 1. The highest BCUT2D eigenvalue weighted by molar-refractivity contribution is 6.76. The summed E-state index contributed by atoms with van der Waals surface area (Å²) >= 11 is 6.06. The summed E-state index contributed by atoms with van der Waals surface area (Å²) in [7, 11) is -1.26. The lowest BCUT2D eigenvalue weighted by Gasteiger charge is -2.15. The summed E-state index contributed by atoms with van der Waals surface area (Å²) in [6.45, 7) is 7.21. The van der Waals surface area contributed by atoms with Gasteiger partial charge in [0.2, 0.25) is 0 Å². The van der Waals surface area contributed by atoms with Crippen LogP contribution in [0.1, 0.15) is 18.4 Å². The quantitative estimate of drug-likeness (QED) is 0.370. The van der Waals surface area contributed by atoms with Gasteiger partial charge in [0, 0.05) is 32.6 Å². The molecule has 26 heavy (non-hydrogen) atoms. The molecule has 1 N–H and O–H groups in total. The SMILES string of the molecule is C[Si](C)(C)CCOCn1cc(C(F)(F)F)c2c(NC3CC3)cc(Cl)nc21. The Morgan fingerprint density at radius 3 is 2.62 bits per heavy atom. The van der Waals surface area contributed by atoms with Gasteiger partial charge in [-0.05, 0) is 25.0 Å². The third-order valence-corrected chi connectivity index (χ3v) is 6.16. The minimum atomic E-state index is -4.47. The minimum absolute atomic E-state index is 0.0211. The summed E-state index contributed by atoms with van der Waals surface area (Å²) in [4.78, 5) is 4.14. The van der Waals surface area contributed by atoms with Gasteiger partial charge in [0.05, 0.1) is 10.9 Å². The fourth-order valence-electron chi connectivity index (χ4n) is 2.67. The molecule has 4 nitrogen and oxygen atoms in total. The lowest BCUT2D eigenvalue weighted by Crippen LogP contribution is -2.22. The molecule has 2 aromatic rings. The van der Waals surface area contributed by atoms with Crippen LogP contribution in [0, 0.1) is 0 Å². The van der Waals surface area contributed by atoms with Gasteiger partial charge in [-0.2, -0.15) is 13.2 Å². The van der Waals surface area contributed by atoms with Crippen LogP contribution in [0.4, 0.5) is 18.9 Å². The number of rotatable bonds is 7. The van der Waals surface area contributed by atoms with Crippen LogP contribution in [0.15, 0.2) is 12.3 Å². The molecule has 0 amide bonds. The average Bonchev–Trinajstić information content (AvgIpc) is 3.21. The van der Waals surface area contributed by atoms with Crippen molar-refractivity contribution in [1.29, 1.82) is 0 Å². The monoisotopic (exact) mass is 405 g/mol. The Kier molecular flexibility index (Phi) is 5.29. The van der Waals surface area contributed by atoms with Gasteiger partial charge in [0.1, 0.15) is 17.5 Å². The number of fused-ring (bicyclic) bond motifs is 1. The van der Waals surface area contributed by atoms with Crippen LogP contribution in [0.3, 0.4) is 0 Å². The summed E-state index contributed by atoms with van der Waals surface area (Å²) in [5.74, 6) is 0. The van der Waals surface area contributed by atoms with Gasteiger partial charge in [-0.3, -0.25) is 0 Å². The van der Waals surface area contributed by atoms with Crippen molar-refractivity contribution in [1.82, 2.24) is 9.55 Å². The Labute approximate surface area is 156 Å². The van der Waals surface area contributed by atoms with Crippen molar-refractivity contribution in [2.24, 2.45) is 0 Å². The highest BCUT2D eigenvalue weighted by Gasteiger charge is 2.37. The molecule has 1 saturated carbocycles. The van der Waals surface area contributed by atoms with E-state index >= 15 is 0 Å². The van der Waals surface area contributed by atoms with E-state index in [1.807, 2.05) is 0 Å². The van der Waals surface area contributed by atoms with Gasteiger partial charge in [0.15, 0.2) is 0 Å².